The van der Waals surface area contributed by atoms with E-state index in [0.717, 1.165) is 12.8 Å². The first-order valence-electron chi connectivity index (χ1n) is 12.2. The molecule has 0 radical (unpaired) electrons. The maximum Gasteiger partial charge on any atom is 1.00 e. The van der Waals surface area contributed by atoms with E-state index in [1.807, 2.05) is 0 Å². The van der Waals surface area contributed by atoms with Gasteiger partial charge in [0.1, 0.15) is 0 Å². The molecule has 0 heterocycles. The molecule has 0 spiro atoms. The average Bonchev–Trinajstić information content (AvgIpc) is 2.68. The van der Waals surface area contributed by atoms with Crippen molar-refractivity contribution in [1.82, 2.24) is 0 Å². The molecule has 182 valence electrons. The molecule has 0 saturated heterocycles. The van der Waals surface area contributed by atoms with Crippen molar-refractivity contribution in [3.8, 4) is 0 Å². The molecule has 0 aromatic carbocycles. The Labute approximate surface area is 214 Å². The summed E-state index contributed by atoms with van der Waals surface area (Å²) in [4.78, 5) is 0. The van der Waals surface area contributed by atoms with E-state index in [2.05, 4.69) is 6.92 Å². The molecule has 0 N–H and O–H groups in total. The molecule has 31 heavy (non-hydrogen) atoms. The van der Waals surface area contributed by atoms with E-state index in [0.29, 0.717) is 32.7 Å². The van der Waals surface area contributed by atoms with Gasteiger partial charge < -0.3 is 18.8 Å². The molecule has 8 heteroatoms. The minimum Gasteiger partial charge on any atom is -0.748 e. The molecule has 0 aromatic heterocycles. The van der Waals surface area contributed by atoms with Crippen molar-refractivity contribution in [3.05, 3.63) is 0 Å². The summed E-state index contributed by atoms with van der Waals surface area (Å²) < 4.78 is 52.3. The van der Waals surface area contributed by atoms with E-state index in [-0.39, 0.29) is 36.0 Å². The number of rotatable bonds is 22. The van der Waals surface area contributed by atoms with Crippen molar-refractivity contribution in [1.29, 1.82) is 0 Å². The molecule has 0 aliphatic carbocycles. The van der Waals surface area contributed by atoms with Gasteiger partial charge in [-0.05, 0) is 27.2 Å². The molecule has 0 amide bonds. The second-order valence-electron chi connectivity index (χ2n) is 7.98. The van der Waals surface area contributed by atoms with Gasteiger partial charge in [0.15, 0.2) is 0 Å². The maximum absolute atomic E-state index is 11.8. The first-order chi connectivity index (χ1) is 14.3. The van der Waals surface area contributed by atoms with Crippen molar-refractivity contribution < 1.29 is 56.7 Å². The minimum atomic E-state index is -4.46. The monoisotopic (exact) mass is 474 g/mol. The van der Waals surface area contributed by atoms with Crippen LogP contribution in [0.3, 0.4) is 0 Å². The number of ether oxygens (including phenoxy) is 3. The third-order valence-electron chi connectivity index (χ3n) is 5.36. The Morgan fingerprint density at radius 3 is 1.35 bits per heavy atom. The summed E-state index contributed by atoms with van der Waals surface area (Å²) in [5, 5.41) is -1.06. The van der Waals surface area contributed by atoms with Gasteiger partial charge in [0.05, 0.1) is 15.4 Å². The van der Waals surface area contributed by atoms with Gasteiger partial charge in [-0.3, -0.25) is 0 Å². The van der Waals surface area contributed by atoms with Gasteiger partial charge in [-0.1, -0.05) is 84.0 Å². The molecule has 1 unspecified atom stereocenters. The Balaban J connectivity index is 0. The van der Waals surface area contributed by atoms with Crippen molar-refractivity contribution >= 4 is 10.1 Å². The van der Waals surface area contributed by atoms with Crippen LogP contribution < -0.4 is 29.6 Å². The van der Waals surface area contributed by atoms with E-state index in [4.69, 9.17) is 14.2 Å². The van der Waals surface area contributed by atoms with Crippen LogP contribution in [0.25, 0.3) is 0 Å². The van der Waals surface area contributed by atoms with Gasteiger partial charge in [0, 0.05) is 26.2 Å². The van der Waals surface area contributed by atoms with E-state index in [1.54, 1.807) is 20.8 Å². The second-order valence-corrected chi connectivity index (χ2v) is 9.63. The first-order valence-corrected chi connectivity index (χ1v) is 13.7. The maximum atomic E-state index is 11.8. The third-order valence-corrected chi connectivity index (χ3v) is 6.58. The zero-order valence-electron chi connectivity index (χ0n) is 21.0. The fourth-order valence-corrected chi connectivity index (χ4v) is 4.67. The van der Waals surface area contributed by atoms with Crippen LogP contribution in [0.2, 0.25) is 0 Å². The van der Waals surface area contributed by atoms with Gasteiger partial charge in [0.2, 0.25) is 0 Å². The average molecular weight is 475 g/mol. The second kappa shape index (κ2) is 21.3. The Morgan fingerprint density at radius 2 is 1.03 bits per heavy atom. The standard InChI is InChI=1S/C23H48O6S.Na/c1-5-9-10-11-12-13-14-15-16-17-18-19-20-22(30(24,25)26)21-23(27-6-2,28-7-3)29-8-4;/h22H,5-21H2,1-4H3,(H,24,25,26);/q;+1/p-1. The van der Waals surface area contributed by atoms with Gasteiger partial charge >= 0.3 is 29.6 Å². The van der Waals surface area contributed by atoms with E-state index in [9.17, 15) is 13.0 Å². The van der Waals surface area contributed by atoms with E-state index < -0.39 is 21.3 Å². The summed E-state index contributed by atoms with van der Waals surface area (Å²) in [5.41, 5.74) is 0. The third kappa shape index (κ3) is 17.9. The fraction of sp³-hybridized carbons (Fsp3) is 1.00. The number of hydrogen-bond acceptors (Lipinski definition) is 6. The van der Waals surface area contributed by atoms with Crippen LogP contribution in [-0.2, 0) is 24.3 Å². The Morgan fingerprint density at radius 1 is 0.677 bits per heavy atom. The summed E-state index contributed by atoms with van der Waals surface area (Å²) in [6, 6.07) is 0. The van der Waals surface area contributed by atoms with Crippen LogP contribution in [0, 0.1) is 0 Å². The van der Waals surface area contributed by atoms with Gasteiger partial charge in [-0.2, -0.15) is 0 Å². The number of hydrogen-bond donors (Lipinski definition) is 0. The van der Waals surface area contributed by atoms with Crippen molar-refractivity contribution in [2.45, 2.75) is 129 Å². The quantitative estimate of drug-likeness (QED) is 0.104. The Bertz CT molecular complexity index is 469. The first kappa shape index (κ1) is 34.0. The molecule has 0 saturated carbocycles. The van der Waals surface area contributed by atoms with Crippen LogP contribution in [0.15, 0.2) is 0 Å². The van der Waals surface area contributed by atoms with Crippen LogP contribution in [0.5, 0.6) is 0 Å². The van der Waals surface area contributed by atoms with Crippen LogP contribution in [0.4, 0.5) is 0 Å². The molecule has 0 bridgehead atoms. The fourth-order valence-electron chi connectivity index (χ4n) is 3.80. The minimum absolute atomic E-state index is 0. The van der Waals surface area contributed by atoms with E-state index in [1.165, 1.54) is 57.8 Å². The molecule has 0 aromatic rings. The molecule has 0 aliphatic rings. The molecule has 1 atom stereocenters. The summed E-state index contributed by atoms with van der Waals surface area (Å²) >= 11 is 0. The topological polar surface area (TPSA) is 84.9 Å². The van der Waals surface area contributed by atoms with Gasteiger partial charge in [-0.25, -0.2) is 8.42 Å². The van der Waals surface area contributed by atoms with Crippen LogP contribution in [-0.4, -0.2) is 44.0 Å². The normalized spacial score (nSPS) is 13.2. The summed E-state index contributed by atoms with van der Waals surface area (Å²) in [6.45, 7) is 8.54. The summed E-state index contributed by atoms with van der Waals surface area (Å²) in [7, 11) is -4.46. The summed E-state index contributed by atoms with van der Waals surface area (Å²) in [6.07, 6.45) is 14.6. The largest absolute Gasteiger partial charge is 1.00 e. The molecular formula is C23H47NaO6S. The van der Waals surface area contributed by atoms with Crippen molar-refractivity contribution in [3.63, 3.8) is 0 Å². The van der Waals surface area contributed by atoms with Crippen LogP contribution in [0.1, 0.15) is 118 Å². The van der Waals surface area contributed by atoms with Gasteiger partial charge in [-0.15, -0.1) is 0 Å². The molecular weight excluding hydrogens is 427 g/mol. The molecule has 0 aliphatic heterocycles. The molecule has 0 rings (SSSR count). The smallest absolute Gasteiger partial charge is 0.748 e. The zero-order chi connectivity index (χ0) is 22.7. The van der Waals surface area contributed by atoms with Crippen LogP contribution >= 0.6 is 0 Å². The number of unbranched alkanes of at least 4 members (excludes halogenated alkanes) is 11. The van der Waals surface area contributed by atoms with Crippen molar-refractivity contribution in [2.75, 3.05) is 19.8 Å². The molecule has 0 fully saturated rings. The Hall–Kier alpha value is 0.790. The van der Waals surface area contributed by atoms with Gasteiger partial charge in [0.25, 0.3) is 5.97 Å². The van der Waals surface area contributed by atoms with E-state index >= 15 is 0 Å². The van der Waals surface area contributed by atoms with Crippen molar-refractivity contribution in [2.24, 2.45) is 0 Å². The molecule has 6 nitrogen and oxygen atoms in total. The predicted molar refractivity (Wildman–Crippen MR) is 121 cm³/mol. The SMILES string of the molecule is CCCCCCCCCCCCCCC(CC(OCC)(OCC)OCC)S(=O)(=O)[O-].[Na+]. The Kier molecular flexibility index (Phi) is 23.4. The predicted octanol–water partition coefficient (Wildman–Crippen LogP) is 3.15. The summed E-state index contributed by atoms with van der Waals surface area (Å²) in [5.74, 6) is -1.46. The zero-order valence-corrected chi connectivity index (χ0v) is 23.8.